The van der Waals surface area contributed by atoms with Gasteiger partial charge in [0.25, 0.3) is 10.0 Å². The minimum atomic E-state index is -3.69. The Kier molecular flexibility index (Phi) is 4.08. The van der Waals surface area contributed by atoms with Crippen LogP contribution in [0.2, 0.25) is 0 Å². The molecule has 0 atom stereocenters. The smallest absolute Gasteiger partial charge is 0.329 e. The summed E-state index contributed by atoms with van der Waals surface area (Å²) in [7, 11) is -3.69. The number of hydrogen-bond acceptors (Lipinski definition) is 5. The second kappa shape index (κ2) is 5.62. The van der Waals surface area contributed by atoms with Crippen molar-refractivity contribution in [3.8, 4) is 0 Å². The molecule has 1 heterocycles. The van der Waals surface area contributed by atoms with Gasteiger partial charge in [0, 0.05) is 6.42 Å². The van der Waals surface area contributed by atoms with Gasteiger partial charge in [-0.3, -0.25) is 0 Å². The zero-order valence-corrected chi connectivity index (χ0v) is 12.4. The summed E-state index contributed by atoms with van der Waals surface area (Å²) in [5, 5.41) is 7.50. The second-order valence-electron chi connectivity index (χ2n) is 5.02. The first kappa shape index (κ1) is 14.5. The van der Waals surface area contributed by atoms with Gasteiger partial charge in [-0.05, 0) is 25.0 Å². The van der Waals surface area contributed by atoms with Crippen LogP contribution in [0.4, 0.5) is 6.01 Å². The first-order chi connectivity index (χ1) is 9.37. The Morgan fingerprint density at radius 3 is 2.45 bits per heavy atom. The molecular formula is C13H17N3O3S. The standard InChI is InChI=1S/C13H17N3O3S/c1-9(2)8-12-14-15-13(19-12)16-20(17,18)11-6-4-10(3)5-7-11/h4-7,9H,8H2,1-3H3,(H,15,16). The molecule has 0 fully saturated rings. The number of sulfonamides is 1. The lowest BCUT2D eigenvalue weighted by molar-refractivity contribution is 0.468. The monoisotopic (exact) mass is 295 g/mol. The summed E-state index contributed by atoms with van der Waals surface area (Å²) in [5.41, 5.74) is 0.987. The van der Waals surface area contributed by atoms with E-state index in [0.29, 0.717) is 18.2 Å². The van der Waals surface area contributed by atoms with E-state index >= 15 is 0 Å². The molecule has 1 N–H and O–H groups in total. The van der Waals surface area contributed by atoms with Crippen molar-refractivity contribution in [1.29, 1.82) is 0 Å². The van der Waals surface area contributed by atoms with Crippen LogP contribution in [-0.2, 0) is 16.4 Å². The highest BCUT2D eigenvalue weighted by Crippen LogP contribution is 2.16. The number of aromatic nitrogens is 2. The fourth-order valence-electron chi connectivity index (χ4n) is 1.62. The molecule has 0 unspecified atom stereocenters. The van der Waals surface area contributed by atoms with Gasteiger partial charge < -0.3 is 4.42 Å². The van der Waals surface area contributed by atoms with Gasteiger partial charge in [0.1, 0.15) is 0 Å². The van der Waals surface area contributed by atoms with Crippen molar-refractivity contribution in [3.63, 3.8) is 0 Å². The highest BCUT2D eigenvalue weighted by Gasteiger charge is 2.18. The summed E-state index contributed by atoms with van der Waals surface area (Å²) >= 11 is 0. The number of nitrogens with zero attached hydrogens (tertiary/aromatic N) is 2. The van der Waals surface area contributed by atoms with Gasteiger partial charge in [-0.1, -0.05) is 36.6 Å². The summed E-state index contributed by atoms with van der Waals surface area (Å²) < 4.78 is 31.8. The summed E-state index contributed by atoms with van der Waals surface area (Å²) in [5.74, 6) is 0.776. The third-order valence-corrected chi connectivity index (χ3v) is 3.94. The summed E-state index contributed by atoms with van der Waals surface area (Å²) in [6.07, 6.45) is 0.610. The van der Waals surface area contributed by atoms with Crippen LogP contribution < -0.4 is 4.72 Å². The molecule has 0 spiro atoms. The Hall–Kier alpha value is -1.89. The number of hydrogen-bond donors (Lipinski definition) is 1. The van der Waals surface area contributed by atoms with E-state index in [1.54, 1.807) is 12.1 Å². The normalized spacial score (nSPS) is 11.8. The molecule has 6 nitrogen and oxygen atoms in total. The number of rotatable bonds is 5. The van der Waals surface area contributed by atoms with Crippen LogP contribution in [-0.4, -0.2) is 18.6 Å². The highest BCUT2D eigenvalue weighted by atomic mass is 32.2. The van der Waals surface area contributed by atoms with Gasteiger partial charge in [-0.2, -0.15) is 0 Å². The van der Waals surface area contributed by atoms with E-state index in [2.05, 4.69) is 14.9 Å². The molecule has 108 valence electrons. The Labute approximate surface area is 118 Å². The zero-order chi connectivity index (χ0) is 14.8. The predicted molar refractivity (Wildman–Crippen MR) is 74.8 cm³/mol. The summed E-state index contributed by atoms with van der Waals surface area (Å²) in [6.45, 7) is 5.92. The molecule has 0 aliphatic carbocycles. The quantitative estimate of drug-likeness (QED) is 0.915. The predicted octanol–water partition coefficient (Wildman–Crippen LogP) is 2.38. The molecule has 0 radical (unpaired) electrons. The van der Waals surface area contributed by atoms with Gasteiger partial charge >= 0.3 is 6.01 Å². The van der Waals surface area contributed by atoms with Gasteiger partial charge in [0.05, 0.1) is 4.90 Å². The molecule has 0 saturated heterocycles. The largest absolute Gasteiger partial charge is 0.407 e. The van der Waals surface area contributed by atoms with Crippen molar-refractivity contribution in [2.24, 2.45) is 5.92 Å². The molecule has 7 heteroatoms. The SMILES string of the molecule is Cc1ccc(S(=O)(=O)Nc2nnc(CC(C)C)o2)cc1. The minimum absolute atomic E-state index is 0.110. The van der Waals surface area contributed by atoms with Gasteiger partial charge in [0.15, 0.2) is 0 Å². The van der Waals surface area contributed by atoms with Crippen molar-refractivity contribution in [2.75, 3.05) is 4.72 Å². The molecule has 1 aromatic heterocycles. The molecule has 0 bridgehead atoms. The number of aryl methyl sites for hydroxylation is 1. The molecule has 0 saturated carbocycles. The molecule has 2 rings (SSSR count). The van der Waals surface area contributed by atoms with E-state index in [-0.39, 0.29) is 10.9 Å². The minimum Gasteiger partial charge on any atom is -0.407 e. The average Bonchev–Trinajstić information content (AvgIpc) is 2.75. The lowest BCUT2D eigenvalue weighted by atomic mass is 10.1. The fourth-order valence-corrected chi connectivity index (χ4v) is 2.54. The molecule has 2 aromatic rings. The lowest BCUT2D eigenvalue weighted by Crippen LogP contribution is -2.13. The fraction of sp³-hybridized carbons (Fsp3) is 0.385. The van der Waals surface area contributed by atoms with Crippen molar-refractivity contribution in [2.45, 2.75) is 32.1 Å². The maximum Gasteiger partial charge on any atom is 0.329 e. The van der Waals surface area contributed by atoms with E-state index in [1.165, 1.54) is 12.1 Å². The van der Waals surface area contributed by atoms with Crippen LogP contribution >= 0.6 is 0 Å². The Bertz CT molecular complexity index is 675. The third kappa shape index (κ3) is 3.57. The summed E-state index contributed by atoms with van der Waals surface area (Å²) in [4.78, 5) is 0.159. The maximum absolute atomic E-state index is 12.1. The first-order valence-electron chi connectivity index (χ1n) is 6.28. The van der Waals surface area contributed by atoms with E-state index < -0.39 is 10.0 Å². The van der Waals surface area contributed by atoms with Crippen LogP contribution in [0.1, 0.15) is 25.3 Å². The van der Waals surface area contributed by atoms with Gasteiger partial charge in [-0.15, -0.1) is 5.10 Å². The van der Waals surface area contributed by atoms with E-state index in [1.807, 2.05) is 20.8 Å². The Balaban J connectivity index is 2.16. The number of benzene rings is 1. The third-order valence-electron chi connectivity index (χ3n) is 2.60. The number of nitrogens with one attached hydrogen (secondary N) is 1. The highest BCUT2D eigenvalue weighted by molar-refractivity contribution is 7.92. The molecule has 0 aliphatic rings. The van der Waals surface area contributed by atoms with E-state index in [0.717, 1.165) is 5.56 Å². The average molecular weight is 295 g/mol. The first-order valence-corrected chi connectivity index (χ1v) is 7.77. The van der Waals surface area contributed by atoms with Crippen LogP contribution in [0.5, 0.6) is 0 Å². The van der Waals surface area contributed by atoms with E-state index in [4.69, 9.17) is 4.42 Å². The number of anilines is 1. The van der Waals surface area contributed by atoms with Gasteiger partial charge in [0.2, 0.25) is 5.89 Å². The Morgan fingerprint density at radius 1 is 1.20 bits per heavy atom. The summed E-state index contributed by atoms with van der Waals surface area (Å²) in [6, 6.07) is 6.41. The van der Waals surface area contributed by atoms with E-state index in [9.17, 15) is 8.42 Å². The molecular weight excluding hydrogens is 278 g/mol. The van der Waals surface area contributed by atoms with Crippen molar-refractivity contribution in [3.05, 3.63) is 35.7 Å². The lowest BCUT2D eigenvalue weighted by Gasteiger charge is -2.04. The molecule has 1 aromatic carbocycles. The zero-order valence-electron chi connectivity index (χ0n) is 11.6. The molecule has 0 amide bonds. The Morgan fingerprint density at radius 2 is 1.85 bits per heavy atom. The van der Waals surface area contributed by atoms with Crippen LogP contribution in [0.3, 0.4) is 0 Å². The van der Waals surface area contributed by atoms with Crippen molar-refractivity contribution in [1.82, 2.24) is 10.2 Å². The van der Waals surface area contributed by atoms with Crippen molar-refractivity contribution >= 4 is 16.0 Å². The van der Waals surface area contributed by atoms with Crippen molar-refractivity contribution < 1.29 is 12.8 Å². The molecule has 20 heavy (non-hydrogen) atoms. The van der Waals surface area contributed by atoms with Gasteiger partial charge in [-0.25, -0.2) is 13.1 Å². The topological polar surface area (TPSA) is 85.1 Å². The van der Waals surface area contributed by atoms with Crippen LogP contribution in [0, 0.1) is 12.8 Å². The molecule has 0 aliphatic heterocycles. The second-order valence-corrected chi connectivity index (χ2v) is 6.70. The van der Waals surface area contributed by atoms with Crippen LogP contribution in [0.15, 0.2) is 33.6 Å². The maximum atomic E-state index is 12.1. The van der Waals surface area contributed by atoms with Crippen LogP contribution in [0.25, 0.3) is 0 Å².